The van der Waals surface area contributed by atoms with E-state index in [9.17, 15) is 14.7 Å². The number of nitrogens with two attached hydrogens (primary N) is 1. The molecule has 3 rings (SSSR count). The minimum absolute atomic E-state index is 0.223. The second-order valence-corrected chi connectivity index (χ2v) is 7.55. The molecular weight excluding hydrogens is 320 g/mol. The van der Waals surface area contributed by atoms with E-state index in [-0.39, 0.29) is 18.2 Å². The van der Waals surface area contributed by atoms with Crippen LogP contribution in [0.4, 0.5) is 0 Å². The molecule has 1 fully saturated rings. The summed E-state index contributed by atoms with van der Waals surface area (Å²) in [7, 11) is 1.43. The van der Waals surface area contributed by atoms with E-state index in [0.29, 0.717) is 5.57 Å². The average Bonchev–Trinajstić information content (AvgIpc) is 3.30. The summed E-state index contributed by atoms with van der Waals surface area (Å²) in [6, 6.07) is -0.673. The summed E-state index contributed by atoms with van der Waals surface area (Å²) in [6.45, 7) is 7.35. The molecule has 0 saturated heterocycles. The number of hydrogen-bond acceptors (Lipinski definition) is 5. The second-order valence-electron chi connectivity index (χ2n) is 7.55. The van der Waals surface area contributed by atoms with E-state index in [1.165, 1.54) is 12.2 Å². The van der Waals surface area contributed by atoms with Crippen LogP contribution in [0.2, 0.25) is 0 Å². The highest BCUT2D eigenvalue weighted by atomic mass is 16.7. The molecular formula is C19H26N2O4. The molecule has 1 amide bonds. The first kappa shape index (κ1) is 18.0. The molecule has 0 bridgehead atoms. The summed E-state index contributed by atoms with van der Waals surface area (Å²) in [5, 5.41) is 12.1. The Balaban J connectivity index is 2.03. The molecule has 0 aliphatic heterocycles. The summed E-state index contributed by atoms with van der Waals surface area (Å²) >= 11 is 0. The van der Waals surface area contributed by atoms with Gasteiger partial charge in [-0.05, 0) is 63.3 Å². The zero-order chi connectivity index (χ0) is 18.7. The second kappa shape index (κ2) is 5.62. The fourth-order valence-corrected chi connectivity index (χ4v) is 4.22. The molecule has 136 valence electrons. The summed E-state index contributed by atoms with van der Waals surface area (Å²) in [5.41, 5.74) is 8.07. The van der Waals surface area contributed by atoms with Crippen molar-refractivity contribution < 1.29 is 19.5 Å². The maximum atomic E-state index is 12.9. The molecule has 0 aromatic carbocycles. The van der Waals surface area contributed by atoms with Gasteiger partial charge in [-0.3, -0.25) is 14.4 Å². The Morgan fingerprint density at radius 2 is 2.04 bits per heavy atom. The van der Waals surface area contributed by atoms with E-state index >= 15 is 0 Å². The molecule has 1 saturated carbocycles. The topological polar surface area (TPSA) is 92.9 Å². The SMILES string of the molecule is CON(CC1=C(C)C=C2C(=O)[C@](C)(O)C3(CC3)C(C)=C21)C(=O)C(C)N. The molecule has 0 aromatic rings. The third-order valence-electron chi connectivity index (χ3n) is 6.03. The largest absolute Gasteiger partial charge is 0.381 e. The van der Waals surface area contributed by atoms with Crippen molar-refractivity contribution >= 4 is 11.7 Å². The van der Waals surface area contributed by atoms with Gasteiger partial charge in [0.15, 0.2) is 5.78 Å². The van der Waals surface area contributed by atoms with Crippen LogP contribution in [0.15, 0.2) is 33.9 Å². The third-order valence-corrected chi connectivity index (χ3v) is 6.03. The van der Waals surface area contributed by atoms with Gasteiger partial charge in [-0.2, -0.15) is 0 Å². The number of fused-ring (bicyclic) bond motifs is 1. The maximum absolute atomic E-state index is 12.9. The van der Waals surface area contributed by atoms with E-state index in [4.69, 9.17) is 10.6 Å². The van der Waals surface area contributed by atoms with Gasteiger partial charge in [0.05, 0.1) is 19.7 Å². The summed E-state index contributed by atoms with van der Waals surface area (Å²) in [6.07, 6.45) is 3.41. The fraction of sp³-hybridized carbons (Fsp3) is 0.579. The predicted molar refractivity (Wildman–Crippen MR) is 93.2 cm³/mol. The molecule has 3 N–H and O–H groups in total. The van der Waals surface area contributed by atoms with Crippen molar-refractivity contribution in [3.05, 3.63) is 33.9 Å². The van der Waals surface area contributed by atoms with Crippen LogP contribution in [0.1, 0.15) is 40.5 Å². The Morgan fingerprint density at radius 3 is 2.52 bits per heavy atom. The molecule has 25 heavy (non-hydrogen) atoms. The van der Waals surface area contributed by atoms with E-state index in [0.717, 1.165) is 35.1 Å². The van der Waals surface area contributed by atoms with Crippen LogP contribution in [0, 0.1) is 5.41 Å². The lowest BCUT2D eigenvalue weighted by Crippen LogP contribution is -2.49. The summed E-state index contributed by atoms with van der Waals surface area (Å²) in [5.74, 6) is -0.549. The highest BCUT2D eigenvalue weighted by Gasteiger charge is 2.65. The molecule has 6 heteroatoms. The first-order valence-corrected chi connectivity index (χ1v) is 8.60. The van der Waals surface area contributed by atoms with Crippen LogP contribution in [0.5, 0.6) is 0 Å². The Morgan fingerprint density at radius 1 is 1.44 bits per heavy atom. The van der Waals surface area contributed by atoms with E-state index < -0.39 is 17.1 Å². The average molecular weight is 346 g/mol. The Labute approximate surface area is 148 Å². The Bertz CT molecular complexity index is 751. The van der Waals surface area contributed by atoms with Crippen LogP contribution < -0.4 is 5.73 Å². The van der Waals surface area contributed by atoms with Gasteiger partial charge < -0.3 is 10.8 Å². The van der Waals surface area contributed by atoms with Crippen molar-refractivity contribution in [2.24, 2.45) is 11.1 Å². The van der Waals surface area contributed by atoms with Crippen LogP contribution in [0.3, 0.4) is 0 Å². The number of allylic oxidation sites excluding steroid dienone is 2. The van der Waals surface area contributed by atoms with Gasteiger partial charge >= 0.3 is 0 Å². The van der Waals surface area contributed by atoms with Crippen LogP contribution in [-0.2, 0) is 14.4 Å². The van der Waals surface area contributed by atoms with Crippen molar-refractivity contribution in [1.29, 1.82) is 0 Å². The lowest BCUT2D eigenvalue weighted by Gasteiger charge is -2.39. The molecule has 0 heterocycles. The van der Waals surface area contributed by atoms with Gasteiger partial charge in [-0.15, -0.1) is 0 Å². The first-order chi connectivity index (χ1) is 11.6. The maximum Gasteiger partial charge on any atom is 0.263 e. The van der Waals surface area contributed by atoms with Gasteiger partial charge in [-0.25, -0.2) is 5.06 Å². The summed E-state index contributed by atoms with van der Waals surface area (Å²) < 4.78 is 0. The molecule has 6 nitrogen and oxygen atoms in total. The van der Waals surface area contributed by atoms with Crippen LogP contribution >= 0.6 is 0 Å². The third kappa shape index (κ3) is 2.35. The van der Waals surface area contributed by atoms with Gasteiger partial charge in [0.25, 0.3) is 5.91 Å². The van der Waals surface area contributed by atoms with Crippen molar-refractivity contribution in [2.75, 3.05) is 13.7 Å². The molecule has 3 aliphatic rings. The highest BCUT2D eigenvalue weighted by molar-refractivity contribution is 6.10. The smallest absolute Gasteiger partial charge is 0.263 e. The molecule has 0 aromatic heterocycles. The number of Topliss-reactive ketones (excluding diaryl/α,β-unsaturated/α-hetero) is 1. The molecule has 1 spiro atoms. The van der Waals surface area contributed by atoms with Crippen molar-refractivity contribution in [2.45, 2.75) is 52.2 Å². The monoisotopic (exact) mass is 346 g/mol. The molecule has 1 unspecified atom stereocenters. The van der Waals surface area contributed by atoms with E-state index in [1.54, 1.807) is 13.8 Å². The van der Waals surface area contributed by atoms with Gasteiger partial charge in [0.1, 0.15) is 5.60 Å². The number of carbonyl (C=O) groups excluding carboxylic acids is 2. The number of hydrogen-bond donors (Lipinski definition) is 2. The minimum Gasteiger partial charge on any atom is -0.381 e. The minimum atomic E-state index is -1.37. The number of ketones is 1. The lowest BCUT2D eigenvalue weighted by molar-refractivity contribution is -0.174. The number of carbonyl (C=O) groups is 2. The molecule has 2 atom stereocenters. The van der Waals surface area contributed by atoms with Gasteiger partial charge in [0, 0.05) is 11.0 Å². The van der Waals surface area contributed by atoms with Crippen LogP contribution in [-0.4, -0.2) is 47.2 Å². The molecule has 3 aliphatic carbocycles. The molecule has 0 radical (unpaired) electrons. The predicted octanol–water partition coefficient (Wildman–Crippen LogP) is 1.41. The van der Waals surface area contributed by atoms with Crippen molar-refractivity contribution in [3.8, 4) is 0 Å². The number of rotatable bonds is 4. The van der Waals surface area contributed by atoms with Crippen molar-refractivity contribution in [3.63, 3.8) is 0 Å². The Kier molecular flexibility index (Phi) is 4.06. The zero-order valence-electron chi connectivity index (χ0n) is 15.5. The highest BCUT2D eigenvalue weighted by Crippen LogP contribution is 2.64. The number of hydroxylamine groups is 2. The quantitative estimate of drug-likeness (QED) is 0.751. The number of amides is 1. The number of nitrogens with zero attached hydrogens (tertiary/aromatic N) is 1. The number of aliphatic hydroxyl groups is 1. The summed E-state index contributed by atoms with van der Waals surface area (Å²) in [4.78, 5) is 30.4. The van der Waals surface area contributed by atoms with Gasteiger partial charge in [0.2, 0.25) is 0 Å². The van der Waals surface area contributed by atoms with Crippen molar-refractivity contribution in [1.82, 2.24) is 5.06 Å². The Hall–Kier alpha value is -1.76. The first-order valence-electron chi connectivity index (χ1n) is 8.60. The zero-order valence-corrected chi connectivity index (χ0v) is 15.5. The fourth-order valence-electron chi connectivity index (χ4n) is 4.22. The lowest BCUT2D eigenvalue weighted by atomic mass is 9.67. The van der Waals surface area contributed by atoms with E-state index in [1.807, 2.05) is 19.9 Å². The van der Waals surface area contributed by atoms with Gasteiger partial charge in [-0.1, -0.05) is 5.57 Å². The van der Waals surface area contributed by atoms with E-state index in [2.05, 4.69) is 0 Å². The van der Waals surface area contributed by atoms with Crippen LogP contribution in [0.25, 0.3) is 0 Å². The standard InChI is InChI=1S/C19H26N2O4/c1-10-8-13-15(14(10)9-21(25-5)17(23)12(3)20)11(2)19(6-7-19)18(4,24)16(13)22/h8,12,24H,6-7,9,20H2,1-5H3/t12?,18-/m0/s1. The normalized spacial score (nSPS) is 28.3.